The average molecular weight is 492 g/mol. The molecule has 4 heteroatoms. The predicted octanol–water partition coefficient (Wildman–Crippen LogP) is 0.838. The number of benzene rings is 1. The molecule has 0 saturated heterocycles. The zero-order valence-corrected chi connectivity index (χ0v) is 20.8. The standard InChI is InChI=1S/C15H14N.C9H13.2ClH.Zr/c1-11-7-12(2)16(10-11)15-8-13-5-3-4-6-14(13)9-15;1-2-3-6-9-7-4-5-8-9;;;/h3-10H,1-2H3;4,7H,2-3,5-6H2,1H3;2*1H;/q2*-1;;;+4/p-2. The number of aryl methyl sites for hydroxylation is 2. The number of fused-ring (bicyclic) bond motifs is 1. The molecule has 0 unspecified atom stereocenters. The molecule has 3 aromatic rings. The van der Waals surface area contributed by atoms with Gasteiger partial charge in [-0.3, -0.25) is 6.08 Å². The Kier molecular flexibility index (Phi) is 12.9. The Morgan fingerprint density at radius 3 is 2.43 bits per heavy atom. The number of rotatable bonds is 4. The minimum atomic E-state index is 0. The van der Waals surface area contributed by atoms with E-state index in [2.05, 4.69) is 92.2 Å². The Bertz CT molecular complexity index is 869. The molecule has 146 valence electrons. The van der Waals surface area contributed by atoms with Gasteiger partial charge in [-0.15, -0.1) is 47.5 Å². The number of nitrogens with zero attached hydrogens (tertiary/aromatic N) is 1. The van der Waals surface area contributed by atoms with Crippen LogP contribution in [0.5, 0.6) is 0 Å². The van der Waals surface area contributed by atoms with E-state index in [4.69, 9.17) is 0 Å². The molecule has 4 rings (SSSR count). The molecule has 0 fully saturated rings. The van der Waals surface area contributed by atoms with Crippen LogP contribution in [0.25, 0.3) is 16.5 Å². The summed E-state index contributed by atoms with van der Waals surface area (Å²) in [6, 6.07) is 15.2. The van der Waals surface area contributed by atoms with E-state index in [-0.39, 0.29) is 51.0 Å². The molecule has 1 heterocycles. The minimum absolute atomic E-state index is 0. The Balaban J connectivity index is 0.000000533. The first-order valence-electron chi connectivity index (χ1n) is 9.25. The zero-order valence-electron chi connectivity index (χ0n) is 16.8. The van der Waals surface area contributed by atoms with Gasteiger partial charge in [-0.1, -0.05) is 32.3 Å². The van der Waals surface area contributed by atoms with Gasteiger partial charge in [0, 0.05) is 11.9 Å². The van der Waals surface area contributed by atoms with Crippen LogP contribution < -0.4 is 24.8 Å². The molecular formula is C24H27Cl2NZr. The van der Waals surface area contributed by atoms with Crippen molar-refractivity contribution in [1.82, 2.24) is 4.57 Å². The Morgan fingerprint density at radius 2 is 1.86 bits per heavy atom. The average Bonchev–Trinajstić information content (AvgIpc) is 3.32. The summed E-state index contributed by atoms with van der Waals surface area (Å²) < 4.78 is 2.25. The van der Waals surface area contributed by atoms with Gasteiger partial charge in [0.2, 0.25) is 0 Å². The van der Waals surface area contributed by atoms with Gasteiger partial charge in [0.05, 0.1) is 0 Å². The first kappa shape index (κ1) is 27.1. The molecule has 1 aliphatic carbocycles. The van der Waals surface area contributed by atoms with Crippen molar-refractivity contribution in [2.24, 2.45) is 0 Å². The van der Waals surface area contributed by atoms with Gasteiger partial charge < -0.3 is 29.4 Å². The molecule has 28 heavy (non-hydrogen) atoms. The van der Waals surface area contributed by atoms with Gasteiger partial charge in [0.15, 0.2) is 0 Å². The van der Waals surface area contributed by atoms with E-state index in [0.717, 1.165) is 6.42 Å². The Labute approximate surface area is 201 Å². The molecular weight excluding hydrogens is 464 g/mol. The molecule has 1 aromatic heterocycles. The van der Waals surface area contributed by atoms with Crippen LogP contribution in [0.1, 0.15) is 43.9 Å². The Morgan fingerprint density at radius 1 is 1.11 bits per heavy atom. The van der Waals surface area contributed by atoms with E-state index in [9.17, 15) is 0 Å². The predicted molar refractivity (Wildman–Crippen MR) is 108 cm³/mol. The van der Waals surface area contributed by atoms with Gasteiger partial charge in [-0.25, -0.2) is 11.6 Å². The van der Waals surface area contributed by atoms with Crippen molar-refractivity contribution in [3.63, 3.8) is 0 Å². The number of allylic oxidation sites excluding steroid dienone is 4. The van der Waals surface area contributed by atoms with Crippen molar-refractivity contribution in [2.45, 2.75) is 46.5 Å². The number of unbranched alkanes of at least 4 members (excludes halogenated alkanes) is 1. The molecule has 0 N–H and O–H groups in total. The Hall–Kier alpha value is -0.947. The molecule has 0 atom stereocenters. The summed E-state index contributed by atoms with van der Waals surface area (Å²) in [6.45, 7) is 6.50. The monoisotopic (exact) mass is 489 g/mol. The second-order valence-electron chi connectivity index (χ2n) is 6.78. The molecule has 0 radical (unpaired) electrons. The van der Waals surface area contributed by atoms with Gasteiger partial charge in [-0.05, 0) is 31.2 Å². The van der Waals surface area contributed by atoms with Crippen LogP contribution in [0, 0.1) is 19.9 Å². The van der Waals surface area contributed by atoms with Gasteiger partial charge >= 0.3 is 26.2 Å². The van der Waals surface area contributed by atoms with Crippen LogP contribution in [0.15, 0.2) is 66.4 Å². The zero-order chi connectivity index (χ0) is 17.6. The van der Waals surface area contributed by atoms with Crippen molar-refractivity contribution in [1.29, 1.82) is 0 Å². The fourth-order valence-corrected chi connectivity index (χ4v) is 3.28. The summed E-state index contributed by atoms with van der Waals surface area (Å²) >= 11 is 0. The second kappa shape index (κ2) is 13.3. The SMILES string of the molecule is CCCCC1=[C-]CC=C1.Cc1cc(C)n(-c2cc3ccccc3[cH-]2)c1.[Cl-].[Cl-].[Zr+4]. The summed E-state index contributed by atoms with van der Waals surface area (Å²) in [5.74, 6) is 0. The summed E-state index contributed by atoms with van der Waals surface area (Å²) in [4.78, 5) is 0. The van der Waals surface area contributed by atoms with E-state index in [1.54, 1.807) is 0 Å². The fraction of sp³-hybridized carbons (Fsp3) is 0.292. The van der Waals surface area contributed by atoms with Crippen molar-refractivity contribution in [2.75, 3.05) is 0 Å². The molecule has 0 saturated carbocycles. The minimum Gasteiger partial charge on any atom is -1.00 e. The number of halogens is 2. The maximum Gasteiger partial charge on any atom is 4.00 e. The topological polar surface area (TPSA) is 4.93 Å². The molecule has 0 aliphatic heterocycles. The van der Waals surface area contributed by atoms with E-state index in [0.29, 0.717) is 0 Å². The second-order valence-corrected chi connectivity index (χ2v) is 6.78. The first-order chi connectivity index (χ1) is 12.2. The van der Waals surface area contributed by atoms with Gasteiger partial charge in [-0.2, -0.15) is 6.08 Å². The number of hydrogen-bond donors (Lipinski definition) is 0. The van der Waals surface area contributed by atoms with Crippen LogP contribution in [0.4, 0.5) is 0 Å². The van der Waals surface area contributed by atoms with E-state index < -0.39 is 0 Å². The summed E-state index contributed by atoms with van der Waals surface area (Å²) in [5.41, 5.74) is 5.26. The van der Waals surface area contributed by atoms with Crippen LogP contribution in [0.2, 0.25) is 0 Å². The van der Waals surface area contributed by atoms with Crippen LogP contribution in [0.3, 0.4) is 0 Å². The molecule has 0 amide bonds. The third kappa shape index (κ3) is 7.14. The van der Waals surface area contributed by atoms with E-state index in [1.165, 1.54) is 52.6 Å². The summed E-state index contributed by atoms with van der Waals surface area (Å²) in [5, 5.41) is 2.62. The molecule has 1 aliphatic rings. The molecule has 2 aromatic carbocycles. The third-order valence-electron chi connectivity index (χ3n) is 4.60. The van der Waals surface area contributed by atoms with Crippen LogP contribution in [-0.4, -0.2) is 4.57 Å². The maximum absolute atomic E-state index is 3.30. The van der Waals surface area contributed by atoms with Crippen LogP contribution in [-0.2, 0) is 26.2 Å². The van der Waals surface area contributed by atoms with Crippen molar-refractivity contribution < 1.29 is 51.0 Å². The first-order valence-corrected chi connectivity index (χ1v) is 9.25. The van der Waals surface area contributed by atoms with Crippen LogP contribution >= 0.6 is 0 Å². The quantitative estimate of drug-likeness (QED) is 0.477. The van der Waals surface area contributed by atoms with Crippen molar-refractivity contribution >= 4 is 10.8 Å². The summed E-state index contributed by atoms with van der Waals surface area (Å²) in [6.07, 6.45) is 14.7. The van der Waals surface area contributed by atoms with E-state index >= 15 is 0 Å². The molecule has 0 spiro atoms. The smallest absolute Gasteiger partial charge is 1.00 e. The molecule has 1 nitrogen and oxygen atoms in total. The molecule has 0 bridgehead atoms. The summed E-state index contributed by atoms with van der Waals surface area (Å²) in [7, 11) is 0. The fourth-order valence-electron chi connectivity index (χ4n) is 3.28. The van der Waals surface area contributed by atoms with E-state index in [1.807, 2.05) is 0 Å². The number of hydrogen-bond acceptors (Lipinski definition) is 0. The van der Waals surface area contributed by atoms with Crippen molar-refractivity contribution in [3.8, 4) is 5.69 Å². The van der Waals surface area contributed by atoms with Gasteiger partial charge in [0.1, 0.15) is 0 Å². The largest absolute Gasteiger partial charge is 4.00 e. The third-order valence-corrected chi connectivity index (χ3v) is 4.60. The van der Waals surface area contributed by atoms with Gasteiger partial charge in [0.25, 0.3) is 0 Å². The maximum atomic E-state index is 3.30. The normalized spacial score (nSPS) is 11.6. The van der Waals surface area contributed by atoms with Crippen molar-refractivity contribution in [3.05, 3.63) is 83.7 Å². The number of aromatic nitrogens is 1.